The third-order valence-corrected chi connectivity index (χ3v) is 7.51. The van der Waals surface area contributed by atoms with Gasteiger partial charge in [-0.1, -0.05) is 48.8 Å². The van der Waals surface area contributed by atoms with Crippen LogP contribution in [-0.2, 0) is 0 Å². The fraction of sp³-hybridized carbons (Fsp3) is 0.583. The average molecular weight is 463 g/mol. The number of halogens is 1. The van der Waals surface area contributed by atoms with E-state index in [1.807, 2.05) is 26.0 Å². The molecule has 2 aromatic carbocycles. The van der Waals surface area contributed by atoms with Crippen LogP contribution in [0, 0.1) is 5.92 Å². The number of ether oxygens (including phenoxy) is 2. The second-order valence-electron chi connectivity index (χ2n) is 8.54. The molecule has 2 aromatic rings. The molecule has 5 heteroatoms. The minimum atomic E-state index is -0.477. The Labute approximate surface area is 181 Å². The molecular formula is C24H31BrO4. The summed E-state index contributed by atoms with van der Waals surface area (Å²) in [5, 5.41) is 22.3. The number of aliphatic hydroxyl groups is 2. The van der Waals surface area contributed by atoms with Crippen molar-refractivity contribution in [1.82, 2.24) is 0 Å². The Balaban J connectivity index is 1.91. The number of aliphatic hydroxyl groups excluding tert-OH is 2. The van der Waals surface area contributed by atoms with Gasteiger partial charge in [0, 0.05) is 26.4 Å². The van der Waals surface area contributed by atoms with Crippen molar-refractivity contribution in [2.24, 2.45) is 5.92 Å². The van der Waals surface area contributed by atoms with E-state index in [1.54, 1.807) is 0 Å². The number of hydrogen-bond donors (Lipinski definition) is 2. The predicted molar refractivity (Wildman–Crippen MR) is 119 cm³/mol. The van der Waals surface area contributed by atoms with Gasteiger partial charge in [-0.15, -0.1) is 0 Å². The van der Waals surface area contributed by atoms with Crippen molar-refractivity contribution in [3.63, 3.8) is 0 Å². The Bertz CT molecular complexity index is 896. The minimum Gasteiger partial charge on any atom is -0.490 e. The van der Waals surface area contributed by atoms with Gasteiger partial charge < -0.3 is 19.7 Å². The van der Waals surface area contributed by atoms with Crippen LogP contribution in [0.2, 0.25) is 0 Å². The molecular weight excluding hydrogens is 432 g/mol. The van der Waals surface area contributed by atoms with E-state index >= 15 is 0 Å². The van der Waals surface area contributed by atoms with Crippen LogP contribution < -0.4 is 9.47 Å². The third kappa shape index (κ3) is 3.55. The Morgan fingerprint density at radius 3 is 2.10 bits per heavy atom. The fourth-order valence-corrected chi connectivity index (χ4v) is 5.63. The Morgan fingerprint density at radius 2 is 1.52 bits per heavy atom. The van der Waals surface area contributed by atoms with Crippen LogP contribution in [0.5, 0.6) is 11.5 Å². The van der Waals surface area contributed by atoms with Gasteiger partial charge in [0.05, 0.1) is 12.2 Å². The lowest BCUT2D eigenvalue weighted by Gasteiger charge is -2.26. The van der Waals surface area contributed by atoms with E-state index in [0.717, 1.165) is 26.7 Å². The summed E-state index contributed by atoms with van der Waals surface area (Å²) >= 11 is 3.73. The zero-order valence-corrected chi connectivity index (χ0v) is 19.0. The summed E-state index contributed by atoms with van der Waals surface area (Å²) < 4.78 is 13.6. The summed E-state index contributed by atoms with van der Waals surface area (Å²) in [4.78, 5) is 0. The first-order valence-electron chi connectivity index (χ1n) is 10.9. The van der Waals surface area contributed by atoms with Crippen LogP contribution >= 0.6 is 15.9 Å². The SMILES string of the molecule is CCC(O)COc1c2c(c(OCC(O)CC)c3c(Br)cccc13)C1CCC2C1C. The number of hydrogen-bond acceptors (Lipinski definition) is 4. The minimum absolute atomic E-state index is 0.292. The zero-order valence-electron chi connectivity index (χ0n) is 17.5. The number of fused-ring (bicyclic) bond motifs is 6. The maximum absolute atomic E-state index is 10.1. The largest absolute Gasteiger partial charge is 0.490 e. The van der Waals surface area contributed by atoms with Gasteiger partial charge in [0.15, 0.2) is 0 Å². The molecule has 0 amide bonds. The van der Waals surface area contributed by atoms with E-state index in [1.165, 1.54) is 24.0 Å². The quantitative estimate of drug-likeness (QED) is 0.542. The van der Waals surface area contributed by atoms with Crippen LogP contribution in [0.25, 0.3) is 10.8 Å². The first-order chi connectivity index (χ1) is 14.0. The summed E-state index contributed by atoms with van der Waals surface area (Å²) in [7, 11) is 0. The van der Waals surface area contributed by atoms with Gasteiger partial charge >= 0.3 is 0 Å². The smallest absolute Gasteiger partial charge is 0.132 e. The summed E-state index contributed by atoms with van der Waals surface area (Å²) in [6.45, 7) is 6.85. The molecule has 0 radical (unpaired) electrons. The second kappa shape index (κ2) is 8.44. The van der Waals surface area contributed by atoms with Gasteiger partial charge in [0.25, 0.3) is 0 Å². The first kappa shape index (κ1) is 21.0. The highest BCUT2D eigenvalue weighted by atomic mass is 79.9. The van der Waals surface area contributed by atoms with Crippen LogP contribution in [0.4, 0.5) is 0 Å². The second-order valence-corrected chi connectivity index (χ2v) is 9.40. The van der Waals surface area contributed by atoms with E-state index in [2.05, 4.69) is 28.9 Å². The molecule has 5 atom stereocenters. The Kier molecular flexibility index (Phi) is 6.10. The molecule has 2 aliphatic carbocycles. The molecule has 4 rings (SSSR count). The van der Waals surface area contributed by atoms with Gasteiger partial charge in [-0.2, -0.15) is 0 Å². The maximum Gasteiger partial charge on any atom is 0.132 e. The lowest BCUT2D eigenvalue weighted by Crippen LogP contribution is -2.19. The lowest BCUT2D eigenvalue weighted by molar-refractivity contribution is 0.102. The third-order valence-electron chi connectivity index (χ3n) is 6.85. The molecule has 2 bridgehead atoms. The van der Waals surface area contributed by atoms with Crippen LogP contribution in [-0.4, -0.2) is 35.6 Å². The van der Waals surface area contributed by atoms with Gasteiger partial charge in [-0.3, -0.25) is 0 Å². The van der Waals surface area contributed by atoms with Crippen molar-refractivity contribution >= 4 is 26.7 Å². The molecule has 2 N–H and O–H groups in total. The molecule has 0 aromatic heterocycles. The van der Waals surface area contributed by atoms with Crippen molar-refractivity contribution in [3.8, 4) is 11.5 Å². The van der Waals surface area contributed by atoms with Crippen LogP contribution in [0.15, 0.2) is 22.7 Å². The highest BCUT2D eigenvalue weighted by Crippen LogP contribution is 2.64. The Morgan fingerprint density at radius 1 is 0.966 bits per heavy atom. The summed E-state index contributed by atoms with van der Waals surface area (Å²) in [6, 6.07) is 6.12. The van der Waals surface area contributed by atoms with Gasteiger partial charge in [-0.05, 0) is 49.5 Å². The summed E-state index contributed by atoms with van der Waals surface area (Å²) in [6.07, 6.45) is 2.72. The van der Waals surface area contributed by atoms with Crippen LogP contribution in [0.3, 0.4) is 0 Å². The van der Waals surface area contributed by atoms with E-state index in [0.29, 0.717) is 43.8 Å². The highest BCUT2D eigenvalue weighted by molar-refractivity contribution is 9.10. The highest BCUT2D eigenvalue weighted by Gasteiger charge is 2.48. The van der Waals surface area contributed by atoms with Crippen LogP contribution in [0.1, 0.15) is 69.4 Å². The van der Waals surface area contributed by atoms with Gasteiger partial charge in [-0.25, -0.2) is 0 Å². The topological polar surface area (TPSA) is 58.9 Å². The number of rotatable bonds is 8. The van der Waals surface area contributed by atoms with Crippen molar-refractivity contribution in [2.45, 2.75) is 70.5 Å². The molecule has 0 aliphatic heterocycles. The van der Waals surface area contributed by atoms with E-state index < -0.39 is 12.2 Å². The summed E-state index contributed by atoms with van der Waals surface area (Å²) in [5.41, 5.74) is 2.53. The van der Waals surface area contributed by atoms with Gasteiger partial charge in [0.2, 0.25) is 0 Å². The predicted octanol–water partition coefficient (Wildman–Crippen LogP) is 5.51. The van der Waals surface area contributed by atoms with Crippen molar-refractivity contribution in [2.75, 3.05) is 13.2 Å². The molecule has 0 saturated heterocycles. The Hall–Kier alpha value is -1.30. The monoisotopic (exact) mass is 462 g/mol. The molecule has 2 aliphatic rings. The molecule has 0 heterocycles. The average Bonchev–Trinajstić information content (AvgIpc) is 3.23. The molecule has 5 unspecified atom stereocenters. The normalized spacial score (nSPS) is 24.6. The van der Waals surface area contributed by atoms with E-state index in [4.69, 9.17) is 9.47 Å². The lowest BCUT2D eigenvalue weighted by atomic mass is 9.87. The van der Waals surface area contributed by atoms with E-state index in [-0.39, 0.29) is 0 Å². The summed E-state index contributed by atoms with van der Waals surface area (Å²) in [5.74, 6) is 3.28. The molecule has 158 valence electrons. The van der Waals surface area contributed by atoms with Crippen molar-refractivity contribution in [1.29, 1.82) is 0 Å². The fourth-order valence-electron chi connectivity index (χ4n) is 5.08. The first-order valence-corrected chi connectivity index (χ1v) is 11.7. The molecule has 1 fully saturated rings. The molecule has 0 spiro atoms. The van der Waals surface area contributed by atoms with E-state index in [9.17, 15) is 10.2 Å². The van der Waals surface area contributed by atoms with Crippen molar-refractivity contribution in [3.05, 3.63) is 33.8 Å². The molecule has 29 heavy (non-hydrogen) atoms. The molecule has 1 saturated carbocycles. The number of benzene rings is 2. The maximum atomic E-state index is 10.1. The zero-order chi connectivity index (χ0) is 20.7. The standard InChI is InChI=1S/C24H31BrO4/c1-4-14(26)11-28-23-18-7-6-8-19(25)20(18)24(29-12-15(27)5-2)22-17-10-9-16(13(17)3)21(22)23/h6-8,13-17,26-27H,4-5,9-12H2,1-3H3. The van der Waals surface area contributed by atoms with Gasteiger partial charge in [0.1, 0.15) is 24.7 Å². The van der Waals surface area contributed by atoms with Crippen molar-refractivity contribution < 1.29 is 19.7 Å². The molecule has 4 nitrogen and oxygen atoms in total.